The van der Waals surface area contributed by atoms with Gasteiger partial charge in [0.2, 0.25) is 11.0 Å². The molecule has 0 fully saturated rings. The van der Waals surface area contributed by atoms with Gasteiger partial charge in [0.25, 0.3) is 0 Å². The number of aromatic nitrogens is 2. The second-order valence-corrected chi connectivity index (χ2v) is 13.3. The number of hydrogen-bond acceptors (Lipinski definition) is 10. The molecule has 2 aliphatic rings. The van der Waals surface area contributed by atoms with Gasteiger partial charge in [-0.15, -0.1) is 10.2 Å². The Balaban J connectivity index is 1.45. The quantitative estimate of drug-likeness (QED) is 0.280. The number of nitrogens with one attached hydrogen (secondary N) is 1. The number of nitrogens with two attached hydrogens (primary N) is 1. The predicted molar refractivity (Wildman–Crippen MR) is 165 cm³/mol. The Morgan fingerprint density at radius 1 is 1.21 bits per heavy atom. The van der Waals surface area contributed by atoms with Crippen molar-refractivity contribution in [2.24, 2.45) is 11.1 Å². The maximum Gasteiger partial charge on any atom is 0.234 e. The van der Waals surface area contributed by atoms with Crippen LogP contribution in [0.1, 0.15) is 45.1 Å². The maximum atomic E-state index is 13.7. The number of benzene rings is 2. The number of amides is 1. The van der Waals surface area contributed by atoms with Crippen LogP contribution in [0.2, 0.25) is 5.02 Å². The Hall–Kier alpha value is -3.85. The largest absolute Gasteiger partial charge is 0.494 e. The predicted octanol–water partition coefficient (Wildman–Crippen LogP) is 6.26. The van der Waals surface area contributed by atoms with Gasteiger partial charge >= 0.3 is 0 Å². The summed E-state index contributed by atoms with van der Waals surface area (Å²) in [6, 6.07) is 16.6. The van der Waals surface area contributed by atoms with E-state index in [1.54, 1.807) is 29.2 Å². The Bertz CT molecular complexity index is 1620. The highest BCUT2D eigenvalue weighted by Gasteiger charge is 2.45. The summed E-state index contributed by atoms with van der Waals surface area (Å²) >= 11 is 8.41. The number of anilines is 2. The van der Waals surface area contributed by atoms with Crippen molar-refractivity contribution >= 4 is 57.2 Å². The average Bonchev–Trinajstić information content (AvgIpc) is 3.41. The lowest BCUT2D eigenvalue weighted by atomic mass is 9.68. The molecular weight excluding hydrogens is 592 g/mol. The van der Waals surface area contributed by atoms with Gasteiger partial charge in [-0.3, -0.25) is 14.5 Å². The van der Waals surface area contributed by atoms with Gasteiger partial charge in [0, 0.05) is 28.4 Å². The molecule has 0 bridgehead atoms. The fourth-order valence-corrected chi connectivity index (χ4v) is 7.00. The number of halogens is 1. The van der Waals surface area contributed by atoms with E-state index in [-0.39, 0.29) is 34.3 Å². The van der Waals surface area contributed by atoms with E-state index in [4.69, 9.17) is 22.1 Å². The number of ketones is 1. The molecule has 0 saturated carbocycles. The highest BCUT2D eigenvalue weighted by Crippen LogP contribution is 2.50. The van der Waals surface area contributed by atoms with E-state index in [1.807, 2.05) is 45.0 Å². The Morgan fingerprint density at radius 2 is 1.93 bits per heavy atom. The monoisotopic (exact) mass is 620 g/mol. The van der Waals surface area contributed by atoms with Crippen molar-refractivity contribution < 1.29 is 14.3 Å². The molecule has 42 heavy (non-hydrogen) atoms. The molecule has 2 aromatic carbocycles. The third-order valence-electron chi connectivity index (χ3n) is 6.95. The second kappa shape index (κ2) is 12.2. The van der Waals surface area contributed by atoms with Crippen LogP contribution in [0, 0.1) is 16.7 Å². The molecule has 0 spiro atoms. The maximum absolute atomic E-state index is 13.7. The molecule has 2 heterocycles. The first kappa shape index (κ1) is 29.6. The van der Waals surface area contributed by atoms with E-state index in [0.29, 0.717) is 51.0 Å². The molecule has 3 aromatic rings. The first-order chi connectivity index (χ1) is 20.1. The van der Waals surface area contributed by atoms with Crippen molar-refractivity contribution in [1.29, 1.82) is 5.26 Å². The molecule has 5 rings (SSSR count). The van der Waals surface area contributed by atoms with Crippen molar-refractivity contribution in [3.8, 4) is 11.8 Å². The zero-order valence-corrected chi connectivity index (χ0v) is 25.7. The average molecular weight is 621 g/mol. The van der Waals surface area contributed by atoms with E-state index >= 15 is 0 Å². The zero-order chi connectivity index (χ0) is 30.0. The second-order valence-electron chi connectivity index (χ2n) is 10.7. The number of carbonyl (C=O) groups is 2. The summed E-state index contributed by atoms with van der Waals surface area (Å²) in [7, 11) is 0. The highest BCUT2D eigenvalue weighted by atomic mass is 35.5. The molecule has 0 radical (unpaired) electrons. The van der Waals surface area contributed by atoms with Gasteiger partial charge in [0.15, 0.2) is 10.1 Å². The summed E-state index contributed by atoms with van der Waals surface area (Å²) < 4.78 is 6.14. The molecule has 0 saturated heterocycles. The number of nitrogens with zero attached hydrogens (tertiary/aromatic N) is 4. The molecule has 1 aliphatic carbocycles. The number of rotatable bonds is 8. The molecule has 216 valence electrons. The number of nitriles is 1. The van der Waals surface area contributed by atoms with Crippen LogP contribution >= 0.6 is 34.7 Å². The van der Waals surface area contributed by atoms with E-state index < -0.39 is 5.92 Å². The van der Waals surface area contributed by atoms with E-state index in [2.05, 4.69) is 21.6 Å². The van der Waals surface area contributed by atoms with E-state index in [0.717, 1.165) is 11.3 Å². The Morgan fingerprint density at radius 3 is 2.60 bits per heavy atom. The molecular formula is C30H29ClN6O3S2. The number of allylic oxidation sites excluding steroid dienone is 3. The molecule has 3 N–H and O–H groups in total. The Labute approximate surface area is 257 Å². The summed E-state index contributed by atoms with van der Waals surface area (Å²) in [6.45, 7) is 6.53. The first-order valence-electron chi connectivity index (χ1n) is 13.3. The lowest BCUT2D eigenvalue weighted by Crippen LogP contribution is -2.42. The molecule has 1 aliphatic heterocycles. The van der Waals surface area contributed by atoms with Gasteiger partial charge in [-0.1, -0.05) is 60.7 Å². The minimum atomic E-state index is -0.598. The Kier molecular flexibility index (Phi) is 8.59. The number of carbonyl (C=O) groups excluding carboxylic acids is 2. The van der Waals surface area contributed by atoms with Crippen LogP contribution in [0.4, 0.5) is 10.8 Å². The van der Waals surface area contributed by atoms with Crippen molar-refractivity contribution in [3.63, 3.8) is 0 Å². The van der Waals surface area contributed by atoms with E-state index in [9.17, 15) is 14.9 Å². The van der Waals surface area contributed by atoms with Crippen LogP contribution in [0.15, 0.2) is 75.5 Å². The van der Waals surface area contributed by atoms with Gasteiger partial charge in [-0.2, -0.15) is 5.26 Å². The van der Waals surface area contributed by atoms with Crippen molar-refractivity contribution in [2.75, 3.05) is 22.6 Å². The minimum absolute atomic E-state index is 0.0247. The summed E-state index contributed by atoms with van der Waals surface area (Å²) in [5, 5.41) is 22.8. The number of ether oxygens (including phenoxy) is 1. The molecule has 1 amide bonds. The third kappa shape index (κ3) is 6.16. The van der Waals surface area contributed by atoms with Crippen LogP contribution in [0.3, 0.4) is 0 Å². The molecule has 1 unspecified atom stereocenters. The zero-order valence-electron chi connectivity index (χ0n) is 23.3. The van der Waals surface area contributed by atoms with Crippen LogP contribution in [-0.4, -0.2) is 34.2 Å². The fraction of sp³-hybridized carbons (Fsp3) is 0.300. The number of thioether (sulfide) groups is 1. The number of Topliss-reactive ketones (excluding diaryl/α,β-unsaturated/α-hetero) is 1. The highest BCUT2D eigenvalue weighted by molar-refractivity contribution is 8.01. The van der Waals surface area contributed by atoms with Gasteiger partial charge < -0.3 is 15.8 Å². The summed E-state index contributed by atoms with van der Waals surface area (Å²) in [4.78, 5) is 27.9. The van der Waals surface area contributed by atoms with Crippen LogP contribution in [-0.2, 0) is 9.59 Å². The lowest BCUT2D eigenvalue weighted by Gasteiger charge is -2.42. The normalized spacial score (nSPS) is 18.0. The van der Waals surface area contributed by atoms with Gasteiger partial charge in [0.1, 0.15) is 11.6 Å². The number of hydrogen-bond donors (Lipinski definition) is 2. The first-order valence-corrected chi connectivity index (χ1v) is 15.5. The SMILES string of the molecule is CCOc1ccc(C2C(C#N)=C(N)N(c3nnc(SCC(=O)Nc4ccc(Cl)cc4)s3)C3=C2C(=O)CC(C)(C)C3)cc1. The van der Waals surface area contributed by atoms with Crippen molar-refractivity contribution in [2.45, 2.75) is 43.9 Å². The molecule has 1 aromatic heterocycles. The third-order valence-corrected chi connectivity index (χ3v) is 9.24. The van der Waals surface area contributed by atoms with Gasteiger partial charge in [-0.05, 0) is 60.7 Å². The molecule has 1 atom stereocenters. The van der Waals surface area contributed by atoms with Crippen LogP contribution in [0.5, 0.6) is 5.75 Å². The standard InChI is InChI=1S/C30H29ClN6O3S2/c1-4-40-20-11-5-17(6-12-20)25-21(15-32)27(33)37(22-13-30(2,3)14-23(38)26(22)25)28-35-36-29(42-28)41-16-24(39)34-19-9-7-18(31)8-10-19/h5-12,25H,4,13-14,16,33H2,1-3H3,(H,34,39). The van der Waals surface area contributed by atoms with Crippen molar-refractivity contribution in [1.82, 2.24) is 10.2 Å². The smallest absolute Gasteiger partial charge is 0.234 e. The van der Waals surface area contributed by atoms with Crippen LogP contribution < -0.4 is 20.7 Å². The summed E-state index contributed by atoms with van der Waals surface area (Å²) in [5.74, 6) is 0.216. The summed E-state index contributed by atoms with van der Waals surface area (Å²) in [6.07, 6.45) is 0.915. The molecule has 12 heteroatoms. The van der Waals surface area contributed by atoms with Crippen LogP contribution in [0.25, 0.3) is 0 Å². The minimum Gasteiger partial charge on any atom is -0.494 e. The van der Waals surface area contributed by atoms with Gasteiger partial charge in [0.05, 0.1) is 29.9 Å². The van der Waals surface area contributed by atoms with Crippen molar-refractivity contribution in [3.05, 3.63) is 81.8 Å². The topological polar surface area (TPSA) is 134 Å². The summed E-state index contributed by atoms with van der Waals surface area (Å²) in [5.41, 5.74) is 9.38. The van der Waals surface area contributed by atoms with E-state index in [1.165, 1.54) is 23.1 Å². The lowest BCUT2D eigenvalue weighted by molar-refractivity contribution is -0.118. The fourth-order valence-electron chi connectivity index (χ4n) is 5.19. The molecule has 9 nitrogen and oxygen atoms in total. The van der Waals surface area contributed by atoms with Gasteiger partial charge in [-0.25, -0.2) is 0 Å².